The number of carbonyl (C=O) groups is 1. The highest BCUT2D eigenvalue weighted by molar-refractivity contribution is 6.10. The Morgan fingerprint density at radius 2 is 1.58 bits per heavy atom. The van der Waals surface area contributed by atoms with Crippen LogP contribution in [0.15, 0.2) is 60.2 Å². The van der Waals surface area contributed by atoms with Crippen LogP contribution in [-0.2, 0) is 9.53 Å². The number of nitriles is 1. The predicted molar refractivity (Wildman–Crippen MR) is 96.3 cm³/mol. The number of carbonyl (C=O) groups excluding carboxylic acids is 1. The number of nitrogens with zero attached hydrogens (tertiary/aromatic N) is 1. The minimum Gasteiger partial charge on any atom is -0.459 e. The molecule has 0 radical (unpaired) electrons. The van der Waals surface area contributed by atoms with E-state index in [0.29, 0.717) is 0 Å². The fourth-order valence-corrected chi connectivity index (χ4v) is 2.76. The molecule has 3 aromatic rings. The SMILES string of the molecule is CC(C)OC(=O)C(C#N)=Cc1c2ccccc2cc2ccccc12. The first-order valence-corrected chi connectivity index (χ1v) is 7.83. The molecule has 3 nitrogen and oxygen atoms in total. The van der Waals surface area contributed by atoms with Gasteiger partial charge in [0, 0.05) is 0 Å². The van der Waals surface area contributed by atoms with E-state index in [-0.39, 0.29) is 11.7 Å². The molecule has 24 heavy (non-hydrogen) atoms. The summed E-state index contributed by atoms with van der Waals surface area (Å²) in [7, 11) is 0. The summed E-state index contributed by atoms with van der Waals surface area (Å²) < 4.78 is 5.17. The van der Waals surface area contributed by atoms with E-state index in [9.17, 15) is 10.1 Å². The van der Waals surface area contributed by atoms with Crippen molar-refractivity contribution in [2.24, 2.45) is 0 Å². The van der Waals surface area contributed by atoms with Crippen molar-refractivity contribution in [3.8, 4) is 6.07 Å². The molecular formula is C21H17NO2. The van der Waals surface area contributed by atoms with E-state index in [4.69, 9.17) is 4.74 Å². The van der Waals surface area contributed by atoms with Gasteiger partial charge in [0.15, 0.2) is 0 Å². The highest BCUT2D eigenvalue weighted by Gasteiger charge is 2.14. The molecule has 0 spiro atoms. The summed E-state index contributed by atoms with van der Waals surface area (Å²) in [6.07, 6.45) is 1.37. The van der Waals surface area contributed by atoms with Gasteiger partial charge >= 0.3 is 5.97 Å². The maximum atomic E-state index is 12.1. The zero-order valence-corrected chi connectivity index (χ0v) is 13.6. The van der Waals surface area contributed by atoms with Crippen LogP contribution in [0, 0.1) is 11.3 Å². The Bertz CT molecular complexity index is 940. The molecule has 0 aliphatic heterocycles. The number of hydrogen-bond donors (Lipinski definition) is 0. The standard InChI is InChI=1S/C21H17NO2/c1-14(2)24-21(23)17(13-22)12-20-18-9-5-3-7-15(18)11-16-8-4-6-10-19(16)20/h3-12,14H,1-2H3. The summed E-state index contributed by atoms with van der Waals surface area (Å²) in [5.41, 5.74) is 0.867. The molecule has 0 bridgehead atoms. The summed E-state index contributed by atoms with van der Waals surface area (Å²) in [5, 5.41) is 13.5. The molecule has 0 saturated heterocycles. The van der Waals surface area contributed by atoms with Gasteiger partial charge in [0.2, 0.25) is 0 Å². The van der Waals surface area contributed by atoms with Gasteiger partial charge < -0.3 is 4.74 Å². The van der Waals surface area contributed by atoms with Crippen LogP contribution in [0.3, 0.4) is 0 Å². The summed E-state index contributed by atoms with van der Waals surface area (Å²) in [6, 6.07) is 20.0. The third kappa shape index (κ3) is 3.00. The Hall–Kier alpha value is -3.12. The highest BCUT2D eigenvalue weighted by Crippen LogP contribution is 2.30. The van der Waals surface area contributed by atoms with Crippen LogP contribution < -0.4 is 0 Å². The maximum absolute atomic E-state index is 12.1. The fraction of sp³-hybridized carbons (Fsp3) is 0.143. The average Bonchev–Trinajstić information content (AvgIpc) is 2.57. The predicted octanol–water partition coefficient (Wildman–Crippen LogP) is 4.85. The van der Waals surface area contributed by atoms with Crippen molar-refractivity contribution < 1.29 is 9.53 Å². The first kappa shape index (κ1) is 15.8. The summed E-state index contributed by atoms with van der Waals surface area (Å²) in [6.45, 7) is 3.53. The Morgan fingerprint density at radius 1 is 1.04 bits per heavy atom. The largest absolute Gasteiger partial charge is 0.459 e. The summed E-state index contributed by atoms with van der Waals surface area (Å²) >= 11 is 0. The molecule has 0 atom stereocenters. The molecule has 118 valence electrons. The third-order valence-electron chi connectivity index (χ3n) is 3.78. The second-order valence-corrected chi connectivity index (χ2v) is 5.86. The van der Waals surface area contributed by atoms with Gasteiger partial charge in [0.1, 0.15) is 11.6 Å². The van der Waals surface area contributed by atoms with Gasteiger partial charge in [-0.3, -0.25) is 0 Å². The van der Waals surface area contributed by atoms with Gasteiger partial charge in [0.05, 0.1) is 6.10 Å². The summed E-state index contributed by atoms with van der Waals surface area (Å²) in [5.74, 6) is -0.593. The molecule has 0 fully saturated rings. The molecule has 0 heterocycles. The van der Waals surface area contributed by atoms with Crippen molar-refractivity contribution in [3.63, 3.8) is 0 Å². The number of fused-ring (bicyclic) bond motifs is 2. The fourth-order valence-electron chi connectivity index (χ4n) is 2.76. The second-order valence-electron chi connectivity index (χ2n) is 5.86. The Morgan fingerprint density at radius 3 is 2.08 bits per heavy atom. The molecule has 0 saturated carbocycles. The van der Waals surface area contributed by atoms with Crippen molar-refractivity contribution in [2.45, 2.75) is 20.0 Å². The molecule has 3 aromatic carbocycles. The zero-order chi connectivity index (χ0) is 17.1. The van der Waals surface area contributed by atoms with Crippen LogP contribution in [0.25, 0.3) is 27.6 Å². The molecule has 0 unspecified atom stereocenters. The molecule has 0 amide bonds. The van der Waals surface area contributed by atoms with Crippen LogP contribution in [0.2, 0.25) is 0 Å². The van der Waals surface area contributed by atoms with E-state index in [1.165, 1.54) is 0 Å². The van der Waals surface area contributed by atoms with Crippen LogP contribution in [0.4, 0.5) is 0 Å². The minimum absolute atomic E-state index is 0.00482. The molecule has 3 heteroatoms. The van der Waals surface area contributed by atoms with Crippen LogP contribution in [0.5, 0.6) is 0 Å². The van der Waals surface area contributed by atoms with Gasteiger partial charge in [-0.15, -0.1) is 0 Å². The van der Waals surface area contributed by atoms with E-state index >= 15 is 0 Å². The van der Waals surface area contributed by atoms with Gasteiger partial charge in [-0.05, 0) is 53.1 Å². The third-order valence-corrected chi connectivity index (χ3v) is 3.78. The Kier molecular flexibility index (Phi) is 4.31. The van der Waals surface area contributed by atoms with Crippen molar-refractivity contribution in [3.05, 3.63) is 65.7 Å². The van der Waals surface area contributed by atoms with Crippen molar-refractivity contribution in [2.75, 3.05) is 0 Å². The smallest absolute Gasteiger partial charge is 0.349 e. The number of benzene rings is 3. The molecule has 0 aromatic heterocycles. The molecular weight excluding hydrogens is 298 g/mol. The van der Waals surface area contributed by atoms with Gasteiger partial charge in [0.25, 0.3) is 0 Å². The number of rotatable bonds is 3. The first-order chi connectivity index (χ1) is 11.6. The summed E-state index contributed by atoms with van der Waals surface area (Å²) in [4.78, 5) is 12.1. The average molecular weight is 315 g/mol. The zero-order valence-electron chi connectivity index (χ0n) is 13.6. The first-order valence-electron chi connectivity index (χ1n) is 7.83. The van der Waals surface area contributed by atoms with Crippen molar-refractivity contribution >= 4 is 33.6 Å². The number of hydrogen-bond acceptors (Lipinski definition) is 3. The Labute approximate surface area is 140 Å². The number of ether oxygens (including phenoxy) is 1. The highest BCUT2D eigenvalue weighted by atomic mass is 16.5. The van der Waals surface area contributed by atoms with Gasteiger partial charge in [-0.2, -0.15) is 5.26 Å². The van der Waals surface area contributed by atoms with Gasteiger partial charge in [-0.1, -0.05) is 48.5 Å². The second kappa shape index (κ2) is 6.55. The van der Waals surface area contributed by atoms with Crippen molar-refractivity contribution in [1.82, 2.24) is 0 Å². The van der Waals surface area contributed by atoms with E-state index in [1.807, 2.05) is 54.6 Å². The topological polar surface area (TPSA) is 50.1 Å². The quantitative estimate of drug-likeness (QED) is 0.300. The molecule has 3 rings (SSSR count). The lowest BCUT2D eigenvalue weighted by Crippen LogP contribution is -2.12. The maximum Gasteiger partial charge on any atom is 0.349 e. The van der Waals surface area contributed by atoms with Crippen LogP contribution >= 0.6 is 0 Å². The van der Waals surface area contributed by atoms with Crippen LogP contribution in [0.1, 0.15) is 19.4 Å². The molecule has 0 aliphatic carbocycles. The van der Waals surface area contributed by atoms with E-state index in [2.05, 4.69) is 6.07 Å². The lowest BCUT2D eigenvalue weighted by Gasteiger charge is -2.10. The molecule has 0 aliphatic rings. The normalized spacial score (nSPS) is 11.7. The monoisotopic (exact) mass is 315 g/mol. The van der Waals surface area contributed by atoms with E-state index in [0.717, 1.165) is 27.1 Å². The van der Waals surface area contributed by atoms with Gasteiger partial charge in [-0.25, -0.2) is 4.79 Å². The van der Waals surface area contributed by atoms with Crippen LogP contribution in [-0.4, -0.2) is 12.1 Å². The Balaban J connectivity index is 2.28. The molecule has 0 N–H and O–H groups in total. The van der Waals surface area contributed by atoms with Crippen molar-refractivity contribution in [1.29, 1.82) is 5.26 Å². The number of esters is 1. The lowest BCUT2D eigenvalue weighted by molar-refractivity contribution is -0.142. The lowest BCUT2D eigenvalue weighted by atomic mass is 9.95. The van der Waals surface area contributed by atoms with E-state index in [1.54, 1.807) is 19.9 Å². The van der Waals surface area contributed by atoms with E-state index < -0.39 is 5.97 Å². The minimum atomic E-state index is -0.593.